The van der Waals surface area contributed by atoms with E-state index >= 15 is 0 Å². The van der Waals surface area contributed by atoms with Gasteiger partial charge in [0.2, 0.25) is 0 Å². The lowest BCUT2D eigenvalue weighted by Crippen LogP contribution is -2.15. The molecule has 0 amide bonds. The number of carbonyl (C=O) groups excluding carboxylic acids is 1. The van der Waals surface area contributed by atoms with Crippen LogP contribution in [-0.4, -0.2) is 19.4 Å². The lowest BCUT2D eigenvalue weighted by Gasteiger charge is -2.14. The summed E-state index contributed by atoms with van der Waals surface area (Å²) in [6.07, 6.45) is 4.90. The molecule has 0 aromatic carbocycles. The van der Waals surface area contributed by atoms with Gasteiger partial charge in [-0.1, -0.05) is 40.0 Å². The summed E-state index contributed by atoms with van der Waals surface area (Å²) in [7, 11) is 0. The summed E-state index contributed by atoms with van der Waals surface area (Å²) < 4.78 is 9.86. The highest BCUT2D eigenvalue weighted by molar-refractivity contribution is 5.59. The first-order chi connectivity index (χ1) is 7.24. The van der Waals surface area contributed by atoms with E-state index in [0.717, 1.165) is 19.3 Å². The maximum Gasteiger partial charge on any atom is 0.508 e. The van der Waals surface area contributed by atoms with Crippen LogP contribution in [0.4, 0.5) is 4.79 Å². The van der Waals surface area contributed by atoms with Gasteiger partial charge in [0.05, 0.1) is 13.2 Å². The smallest absolute Gasteiger partial charge is 0.434 e. The van der Waals surface area contributed by atoms with Crippen molar-refractivity contribution in [2.24, 2.45) is 5.92 Å². The molecule has 0 saturated carbocycles. The Bertz CT molecular complexity index is 157. The molecule has 0 aliphatic carbocycles. The van der Waals surface area contributed by atoms with Crippen LogP contribution in [0.25, 0.3) is 0 Å². The molecule has 0 fully saturated rings. The minimum absolute atomic E-state index is 0.449. The van der Waals surface area contributed by atoms with Gasteiger partial charge < -0.3 is 9.47 Å². The van der Waals surface area contributed by atoms with Crippen LogP contribution in [0.5, 0.6) is 0 Å². The molecule has 0 heterocycles. The Balaban J connectivity index is 3.55. The van der Waals surface area contributed by atoms with Crippen LogP contribution in [-0.2, 0) is 9.47 Å². The van der Waals surface area contributed by atoms with E-state index in [-0.39, 0.29) is 0 Å². The van der Waals surface area contributed by atoms with Crippen LogP contribution in [0.15, 0.2) is 0 Å². The Kier molecular flexibility index (Phi) is 9.33. The number of carbonyl (C=O) groups is 1. The molecule has 0 saturated heterocycles. The Morgan fingerprint density at radius 1 is 1.13 bits per heavy atom. The first-order valence-electron chi connectivity index (χ1n) is 6.04. The van der Waals surface area contributed by atoms with Crippen LogP contribution in [0.1, 0.15) is 52.9 Å². The number of ether oxygens (including phenoxy) is 2. The van der Waals surface area contributed by atoms with Gasteiger partial charge in [-0.25, -0.2) is 4.79 Å². The summed E-state index contributed by atoms with van der Waals surface area (Å²) in [5, 5.41) is 0. The van der Waals surface area contributed by atoms with Crippen LogP contribution < -0.4 is 0 Å². The van der Waals surface area contributed by atoms with E-state index < -0.39 is 6.16 Å². The first-order valence-corrected chi connectivity index (χ1v) is 6.04. The third-order valence-corrected chi connectivity index (χ3v) is 2.40. The van der Waals surface area contributed by atoms with Gasteiger partial charge in [-0.2, -0.15) is 0 Å². The van der Waals surface area contributed by atoms with Crippen molar-refractivity contribution in [3.05, 3.63) is 0 Å². The van der Waals surface area contributed by atoms with Gasteiger partial charge in [0.15, 0.2) is 0 Å². The highest BCUT2D eigenvalue weighted by Crippen LogP contribution is 2.13. The molecule has 15 heavy (non-hydrogen) atoms. The second-order valence-corrected chi connectivity index (χ2v) is 3.83. The molecule has 0 aliphatic rings. The van der Waals surface area contributed by atoms with Gasteiger partial charge in [0.1, 0.15) is 0 Å². The fourth-order valence-corrected chi connectivity index (χ4v) is 1.31. The molecule has 90 valence electrons. The summed E-state index contributed by atoms with van der Waals surface area (Å²) in [5.41, 5.74) is 0. The Morgan fingerprint density at radius 2 is 1.87 bits per heavy atom. The third kappa shape index (κ3) is 8.28. The third-order valence-electron chi connectivity index (χ3n) is 2.40. The fourth-order valence-electron chi connectivity index (χ4n) is 1.31. The van der Waals surface area contributed by atoms with E-state index in [1.165, 1.54) is 12.8 Å². The number of unbranched alkanes of at least 4 members (excludes halogenated alkanes) is 1. The maximum atomic E-state index is 11.1. The molecule has 3 nitrogen and oxygen atoms in total. The Morgan fingerprint density at radius 3 is 2.40 bits per heavy atom. The predicted molar refractivity (Wildman–Crippen MR) is 60.9 cm³/mol. The van der Waals surface area contributed by atoms with Gasteiger partial charge in [0, 0.05) is 0 Å². The average molecular weight is 216 g/mol. The highest BCUT2D eigenvalue weighted by Gasteiger charge is 2.10. The molecule has 0 aliphatic heterocycles. The molecular formula is C12H24O3. The molecule has 0 aromatic rings. The number of hydrogen-bond acceptors (Lipinski definition) is 3. The molecule has 0 aromatic heterocycles. The fraction of sp³-hybridized carbons (Fsp3) is 0.917. The van der Waals surface area contributed by atoms with Crippen molar-refractivity contribution in [3.63, 3.8) is 0 Å². The van der Waals surface area contributed by atoms with Gasteiger partial charge in [-0.15, -0.1) is 0 Å². The summed E-state index contributed by atoms with van der Waals surface area (Å²) >= 11 is 0. The van der Waals surface area contributed by atoms with Crippen molar-refractivity contribution in [1.82, 2.24) is 0 Å². The quantitative estimate of drug-likeness (QED) is 0.579. The van der Waals surface area contributed by atoms with Gasteiger partial charge in [0.25, 0.3) is 0 Å². The lowest BCUT2D eigenvalue weighted by atomic mass is 10.0. The van der Waals surface area contributed by atoms with E-state index in [1.54, 1.807) is 0 Å². The van der Waals surface area contributed by atoms with Crippen molar-refractivity contribution >= 4 is 6.16 Å². The van der Waals surface area contributed by atoms with Crippen molar-refractivity contribution in [1.29, 1.82) is 0 Å². The monoisotopic (exact) mass is 216 g/mol. The van der Waals surface area contributed by atoms with Gasteiger partial charge >= 0.3 is 6.16 Å². The first kappa shape index (κ1) is 14.3. The van der Waals surface area contributed by atoms with Crippen LogP contribution in [0.2, 0.25) is 0 Å². The van der Waals surface area contributed by atoms with Crippen molar-refractivity contribution in [2.75, 3.05) is 13.2 Å². The highest BCUT2D eigenvalue weighted by atomic mass is 16.7. The normalized spacial score (nSPS) is 12.2. The molecule has 0 rings (SSSR count). The molecule has 1 unspecified atom stereocenters. The van der Waals surface area contributed by atoms with Crippen molar-refractivity contribution in [3.8, 4) is 0 Å². The van der Waals surface area contributed by atoms with Crippen molar-refractivity contribution < 1.29 is 14.3 Å². The topological polar surface area (TPSA) is 35.5 Å². The molecule has 0 N–H and O–H groups in total. The second kappa shape index (κ2) is 9.81. The summed E-state index contributed by atoms with van der Waals surface area (Å²) in [5.74, 6) is 0.485. The SMILES string of the molecule is CCCCC(CC)COC(=O)OCCC. The van der Waals surface area contributed by atoms with Crippen LogP contribution in [0.3, 0.4) is 0 Å². The number of hydrogen-bond donors (Lipinski definition) is 0. The minimum Gasteiger partial charge on any atom is -0.434 e. The second-order valence-electron chi connectivity index (χ2n) is 3.83. The minimum atomic E-state index is -0.521. The molecule has 1 atom stereocenters. The van der Waals surface area contributed by atoms with Crippen molar-refractivity contribution in [2.45, 2.75) is 52.9 Å². The zero-order chi connectivity index (χ0) is 11.5. The van der Waals surface area contributed by atoms with E-state index in [2.05, 4.69) is 13.8 Å². The van der Waals surface area contributed by atoms with E-state index in [0.29, 0.717) is 19.1 Å². The molecular weight excluding hydrogens is 192 g/mol. The van der Waals surface area contributed by atoms with E-state index in [1.807, 2.05) is 6.92 Å². The van der Waals surface area contributed by atoms with E-state index in [4.69, 9.17) is 9.47 Å². The average Bonchev–Trinajstić information content (AvgIpc) is 2.26. The Labute approximate surface area is 93.1 Å². The summed E-state index contributed by atoms with van der Waals surface area (Å²) in [6.45, 7) is 7.21. The largest absolute Gasteiger partial charge is 0.508 e. The summed E-state index contributed by atoms with van der Waals surface area (Å²) in [6, 6.07) is 0. The standard InChI is InChI=1S/C12H24O3/c1-4-7-8-11(6-3)10-15-12(13)14-9-5-2/h11H,4-10H2,1-3H3. The van der Waals surface area contributed by atoms with Gasteiger partial charge in [-0.3, -0.25) is 0 Å². The summed E-state index contributed by atoms with van der Waals surface area (Å²) in [4.78, 5) is 11.1. The van der Waals surface area contributed by atoms with Gasteiger partial charge in [-0.05, 0) is 18.8 Å². The molecule has 0 radical (unpaired) electrons. The Hall–Kier alpha value is -0.730. The predicted octanol–water partition coefficient (Wildman–Crippen LogP) is 3.77. The molecule has 0 bridgehead atoms. The lowest BCUT2D eigenvalue weighted by molar-refractivity contribution is 0.0427. The van der Waals surface area contributed by atoms with Crippen LogP contribution >= 0.6 is 0 Å². The number of rotatable bonds is 8. The zero-order valence-electron chi connectivity index (χ0n) is 10.3. The van der Waals surface area contributed by atoms with E-state index in [9.17, 15) is 4.79 Å². The molecule has 0 spiro atoms. The maximum absolute atomic E-state index is 11.1. The zero-order valence-corrected chi connectivity index (χ0v) is 10.3. The molecule has 3 heteroatoms. The van der Waals surface area contributed by atoms with Crippen LogP contribution in [0, 0.1) is 5.92 Å².